The van der Waals surface area contributed by atoms with E-state index in [0.717, 1.165) is 22.4 Å². The first-order chi connectivity index (χ1) is 13.9. The smallest absolute Gasteiger partial charge is 0.243 e. The number of hydrogen-bond donors (Lipinski definition) is 2. The van der Waals surface area contributed by atoms with Crippen LogP contribution in [0.4, 0.5) is 5.69 Å². The predicted molar refractivity (Wildman–Crippen MR) is 112 cm³/mol. The van der Waals surface area contributed by atoms with E-state index in [1.807, 2.05) is 44.2 Å². The first-order valence-electron chi connectivity index (χ1n) is 9.31. The Hall–Kier alpha value is -3.22. The van der Waals surface area contributed by atoms with E-state index in [1.54, 1.807) is 14.2 Å². The Bertz CT molecular complexity index is 834. The molecule has 0 saturated carbocycles. The SMILES string of the molecule is COc1cc(CCC(=O)NCC(=O)Nc2c(C)cccc2C)cc(OC)c1OC. The van der Waals surface area contributed by atoms with Gasteiger partial charge in [0.25, 0.3) is 0 Å². The molecule has 2 N–H and O–H groups in total. The van der Waals surface area contributed by atoms with Crippen molar-refractivity contribution in [2.45, 2.75) is 26.7 Å². The fourth-order valence-electron chi connectivity index (χ4n) is 3.00. The number of nitrogens with one attached hydrogen (secondary N) is 2. The molecule has 0 aliphatic heterocycles. The third-order valence-electron chi connectivity index (χ3n) is 4.56. The van der Waals surface area contributed by atoms with Gasteiger partial charge in [-0.1, -0.05) is 18.2 Å². The summed E-state index contributed by atoms with van der Waals surface area (Å²) in [6, 6.07) is 9.41. The van der Waals surface area contributed by atoms with Gasteiger partial charge in [0.05, 0.1) is 27.9 Å². The zero-order chi connectivity index (χ0) is 21.4. The number of carbonyl (C=O) groups excluding carboxylic acids is 2. The lowest BCUT2D eigenvalue weighted by Gasteiger charge is -2.14. The number of benzene rings is 2. The Balaban J connectivity index is 1.89. The summed E-state index contributed by atoms with van der Waals surface area (Å²) in [6.07, 6.45) is 0.705. The lowest BCUT2D eigenvalue weighted by atomic mass is 10.1. The van der Waals surface area contributed by atoms with E-state index >= 15 is 0 Å². The third kappa shape index (κ3) is 5.88. The summed E-state index contributed by atoms with van der Waals surface area (Å²) >= 11 is 0. The van der Waals surface area contributed by atoms with Crippen molar-refractivity contribution in [2.24, 2.45) is 0 Å². The molecule has 0 radical (unpaired) electrons. The molecular formula is C22H28N2O5. The van der Waals surface area contributed by atoms with Crippen molar-refractivity contribution in [3.8, 4) is 17.2 Å². The number of carbonyl (C=O) groups is 2. The minimum absolute atomic E-state index is 0.0815. The molecule has 0 heterocycles. The zero-order valence-electron chi connectivity index (χ0n) is 17.5. The molecule has 0 aromatic heterocycles. The summed E-state index contributed by atoms with van der Waals surface area (Å²) < 4.78 is 15.9. The molecule has 2 amide bonds. The van der Waals surface area contributed by atoms with Crippen LogP contribution in [0, 0.1) is 13.8 Å². The van der Waals surface area contributed by atoms with Gasteiger partial charge in [-0.25, -0.2) is 0 Å². The molecule has 0 fully saturated rings. The van der Waals surface area contributed by atoms with Crippen molar-refractivity contribution in [3.05, 3.63) is 47.0 Å². The maximum Gasteiger partial charge on any atom is 0.243 e. The zero-order valence-corrected chi connectivity index (χ0v) is 17.5. The summed E-state index contributed by atoms with van der Waals surface area (Å²) in [5, 5.41) is 5.50. The molecule has 0 aliphatic carbocycles. The average Bonchev–Trinajstić information content (AvgIpc) is 2.72. The van der Waals surface area contributed by atoms with E-state index < -0.39 is 0 Å². The minimum Gasteiger partial charge on any atom is -0.493 e. The van der Waals surface area contributed by atoms with Gasteiger partial charge in [0.1, 0.15) is 0 Å². The van der Waals surface area contributed by atoms with Gasteiger partial charge in [0.2, 0.25) is 17.6 Å². The van der Waals surface area contributed by atoms with E-state index in [9.17, 15) is 9.59 Å². The number of hydrogen-bond acceptors (Lipinski definition) is 5. The van der Waals surface area contributed by atoms with Gasteiger partial charge in [0.15, 0.2) is 11.5 Å². The second-order valence-electron chi connectivity index (χ2n) is 6.63. The first-order valence-corrected chi connectivity index (χ1v) is 9.31. The monoisotopic (exact) mass is 400 g/mol. The van der Waals surface area contributed by atoms with Crippen LogP contribution in [0.25, 0.3) is 0 Å². The molecule has 29 heavy (non-hydrogen) atoms. The number of aryl methyl sites for hydroxylation is 3. The highest BCUT2D eigenvalue weighted by Gasteiger charge is 2.14. The molecule has 0 bridgehead atoms. The number of anilines is 1. The Morgan fingerprint density at radius 2 is 1.48 bits per heavy atom. The summed E-state index contributed by atoms with van der Waals surface area (Å²) in [7, 11) is 4.63. The normalized spacial score (nSPS) is 10.2. The molecule has 2 aromatic rings. The number of ether oxygens (including phenoxy) is 3. The number of amides is 2. The van der Waals surface area contributed by atoms with Gasteiger partial charge in [-0.15, -0.1) is 0 Å². The third-order valence-corrected chi connectivity index (χ3v) is 4.56. The van der Waals surface area contributed by atoms with Crippen LogP contribution in [0.5, 0.6) is 17.2 Å². The van der Waals surface area contributed by atoms with Gasteiger partial charge >= 0.3 is 0 Å². The van der Waals surface area contributed by atoms with Gasteiger partial charge in [-0.2, -0.15) is 0 Å². The van der Waals surface area contributed by atoms with Crippen LogP contribution in [-0.2, 0) is 16.0 Å². The highest BCUT2D eigenvalue weighted by Crippen LogP contribution is 2.38. The Kier molecular flexibility index (Phi) is 7.88. The Morgan fingerprint density at radius 3 is 2.00 bits per heavy atom. The molecule has 2 aromatic carbocycles. The van der Waals surface area contributed by atoms with E-state index in [1.165, 1.54) is 7.11 Å². The van der Waals surface area contributed by atoms with Gasteiger partial charge in [0, 0.05) is 12.1 Å². The topological polar surface area (TPSA) is 85.9 Å². The van der Waals surface area contributed by atoms with Crippen molar-refractivity contribution in [2.75, 3.05) is 33.2 Å². The van der Waals surface area contributed by atoms with Crippen molar-refractivity contribution >= 4 is 17.5 Å². The number of methoxy groups -OCH3 is 3. The second kappa shape index (κ2) is 10.4. The number of rotatable bonds is 9. The largest absolute Gasteiger partial charge is 0.493 e. The van der Waals surface area contributed by atoms with Gasteiger partial charge in [-0.05, 0) is 49.1 Å². The maximum atomic E-state index is 12.2. The molecule has 156 valence electrons. The molecule has 0 spiro atoms. The summed E-state index contributed by atoms with van der Waals surface area (Å²) in [5.41, 5.74) is 3.61. The van der Waals surface area contributed by atoms with E-state index in [4.69, 9.17) is 14.2 Å². The lowest BCUT2D eigenvalue weighted by Crippen LogP contribution is -2.33. The Morgan fingerprint density at radius 1 is 0.897 bits per heavy atom. The van der Waals surface area contributed by atoms with Crippen LogP contribution in [0.2, 0.25) is 0 Å². The fourth-order valence-corrected chi connectivity index (χ4v) is 3.00. The molecule has 0 unspecified atom stereocenters. The summed E-state index contributed by atoms with van der Waals surface area (Å²) in [5.74, 6) is 1.11. The average molecular weight is 400 g/mol. The molecule has 7 nitrogen and oxygen atoms in total. The molecule has 7 heteroatoms. The highest BCUT2D eigenvalue weighted by molar-refractivity contribution is 5.95. The molecular weight excluding hydrogens is 372 g/mol. The van der Waals surface area contributed by atoms with Crippen LogP contribution in [-0.4, -0.2) is 39.7 Å². The van der Waals surface area contributed by atoms with Gasteiger partial charge < -0.3 is 24.8 Å². The molecule has 0 atom stereocenters. The van der Waals surface area contributed by atoms with Gasteiger partial charge in [-0.3, -0.25) is 9.59 Å². The van der Waals surface area contributed by atoms with Crippen molar-refractivity contribution in [1.29, 1.82) is 0 Å². The number of para-hydroxylation sites is 1. The van der Waals surface area contributed by atoms with Crippen LogP contribution in [0.15, 0.2) is 30.3 Å². The maximum absolute atomic E-state index is 12.2. The van der Waals surface area contributed by atoms with Crippen LogP contribution < -0.4 is 24.8 Å². The highest BCUT2D eigenvalue weighted by atomic mass is 16.5. The van der Waals surface area contributed by atoms with Crippen LogP contribution in [0.3, 0.4) is 0 Å². The Labute approximate surface area is 171 Å². The van der Waals surface area contributed by atoms with Crippen LogP contribution >= 0.6 is 0 Å². The minimum atomic E-state index is -0.261. The molecule has 0 aliphatic rings. The van der Waals surface area contributed by atoms with E-state index in [2.05, 4.69) is 10.6 Å². The molecule has 0 saturated heterocycles. The van der Waals surface area contributed by atoms with Crippen LogP contribution in [0.1, 0.15) is 23.1 Å². The van der Waals surface area contributed by atoms with Crippen molar-refractivity contribution in [3.63, 3.8) is 0 Å². The fraction of sp³-hybridized carbons (Fsp3) is 0.364. The summed E-state index contributed by atoms with van der Waals surface area (Å²) in [6.45, 7) is 3.78. The van der Waals surface area contributed by atoms with Crippen molar-refractivity contribution < 1.29 is 23.8 Å². The van der Waals surface area contributed by atoms with Crippen molar-refractivity contribution in [1.82, 2.24) is 5.32 Å². The predicted octanol–water partition coefficient (Wildman–Crippen LogP) is 3.02. The standard InChI is InChI=1S/C22H28N2O5/c1-14-7-6-8-15(2)21(14)24-20(26)13-23-19(25)10-9-16-11-17(27-3)22(29-5)18(12-16)28-4/h6-8,11-12H,9-10,13H2,1-5H3,(H,23,25)(H,24,26). The summed E-state index contributed by atoms with van der Waals surface area (Å²) in [4.78, 5) is 24.3. The van der Waals surface area contributed by atoms with E-state index in [0.29, 0.717) is 23.7 Å². The quantitative estimate of drug-likeness (QED) is 0.676. The second-order valence-corrected chi connectivity index (χ2v) is 6.63. The van der Waals surface area contributed by atoms with E-state index in [-0.39, 0.29) is 24.8 Å². The first kappa shape index (κ1) is 22.1. The molecule has 2 rings (SSSR count). The lowest BCUT2D eigenvalue weighted by molar-refractivity contribution is -0.124.